The lowest BCUT2D eigenvalue weighted by Crippen LogP contribution is -2.56. The third kappa shape index (κ3) is 6.55. The second-order valence-electron chi connectivity index (χ2n) is 8.55. The van der Waals surface area contributed by atoms with Gasteiger partial charge in [0.25, 0.3) is 5.91 Å². The van der Waals surface area contributed by atoms with E-state index in [1.54, 1.807) is 41.3 Å². The van der Waals surface area contributed by atoms with Crippen molar-refractivity contribution >= 4 is 21.8 Å². The van der Waals surface area contributed by atoms with Crippen molar-refractivity contribution in [2.45, 2.75) is 18.2 Å². The average Bonchev–Trinajstić information content (AvgIpc) is 2.89. The Labute approximate surface area is 206 Å². The summed E-state index contributed by atoms with van der Waals surface area (Å²) in [5, 5.41) is 2.89. The molecule has 1 N–H and O–H groups in total. The topological polar surface area (TPSA) is 86.8 Å². The third-order valence-corrected chi connectivity index (χ3v) is 7.91. The number of hydrogen-bond donors (Lipinski definition) is 1. The van der Waals surface area contributed by atoms with E-state index in [9.17, 15) is 18.0 Å². The van der Waals surface area contributed by atoms with E-state index >= 15 is 0 Å². The zero-order chi connectivity index (χ0) is 24.7. The van der Waals surface area contributed by atoms with Crippen LogP contribution in [0.2, 0.25) is 0 Å². The van der Waals surface area contributed by atoms with Gasteiger partial charge < -0.3 is 10.2 Å². The molecule has 0 spiro atoms. The highest BCUT2D eigenvalue weighted by Gasteiger charge is 2.32. The summed E-state index contributed by atoms with van der Waals surface area (Å²) in [6.07, 6.45) is 0.352. The molecule has 0 saturated carbocycles. The van der Waals surface area contributed by atoms with E-state index in [0.29, 0.717) is 12.0 Å². The molecule has 4 rings (SSSR count). The Hall–Kier alpha value is -3.49. The Morgan fingerprint density at radius 2 is 1.26 bits per heavy atom. The lowest BCUT2D eigenvalue weighted by atomic mass is 10.0. The lowest BCUT2D eigenvalue weighted by molar-refractivity contribution is -0.134. The van der Waals surface area contributed by atoms with Gasteiger partial charge in [0.1, 0.15) is 6.04 Å². The van der Waals surface area contributed by atoms with E-state index in [-0.39, 0.29) is 43.7 Å². The molecule has 8 heteroatoms. The molecule has 0 aromatic heterocycles. The minimum atomic E-state index is -3.48. The Kier molecular flexibility index (Phi) is 7.94. The van der Waals surface area contributed by atoms with Gasteiger partial charge in [0.15, 0.2) is 0 Å². The quantitative estimate of drug-likeness (QED) is 0.525. The maximum atomic E-state index is 13.5. The van der Waals surface area contributed by atoms with Gasteiger partial charge in [-0.1, -0.05) is 78.9 Å². The first kappa shape index (κ1) is 24.6. The van der Waals surface area contributed by atoms with Crippen molar-refractivity contribution in [2.24, 2.45) is 0 Å². The molecule has 1 heterocycles. The molecule has 1 aliphatic rings. The maximum Gasteiger partial charge on any atom is 0.251 e. The summed E-state index contributed by atoms with van der Waals surface area (Å²) in [7, 11) is -3.48. The molecule has 35 heavy (non-hydrogen) atoms. The van der Waals surface area contributed by atoms with Gasteiger partial charge in [-0.3, -0.25) is 9.59 Å². The van der Waals surface area contributed by atoms with E-state index in [1.807, 2.05) is 54.6 Å². The summed E-state index contributed by atoms with van der Waals surface area (Å²) in [6.45, 7) is 1.01. The first-order valence-electron chi connectivity index (χ1n) is 11.6. The highest BCUT2D eigenvalue weighted by atomic mass is 32.2. The van der Waals surface area contributed by atoms with Gasteiger partial charge in [-0.15, -0.1) is 0 Å². The van der Waals surface area contributed by atoms with Crippen molar-refractivity contribution in [3.05, 3.63) is 108 Å². The van der Waals surface area contributed by atoms with E-state index in [0.717, 1.165) is 11.1 Å². The number of nitrogens with zero attached hydrogens (tertiary/aromatic N) is 2. The standard InChI is InChI=1S/C27H29N3O4S/c31-26(24-14-8-3-9-15-24)28-25(20-22-10-4-1-5-11-22)27(32)29-16-18-30(19-17-29)35(33,34)21-23-12-6-2-7-13-23/h1-15,25H,16-21H2,(H,28,31)/t25-/m0/s1. The summed E-state index contributed by atoms with van der Waals surface area (Å²) >= 11 is 0. The third-order valence-electron chi connectivity index (χ3n) is 6.06. The van der Waals surface area contributed by atoms with Crippen molar-refractivity contribution in [3.63, 3.8) is 0 Å². The molecule has 0 bridgehead atoms. The summed E-state index contributed by atoms with van der Waals surface area (Å²) in [5.74, 6) is -0.590. The monoisotopic (exact) mass is 491 g/mol. The van der Waals surface area contributed by atoms with Crippen LogP contribution in [0, 0.1) is 0 Å². The van der Waals surface area contributed by atoms with Gasteiger partial charge >= 0.3 is 0 Å². The molecule has 1 aliphatic heterocycles. The highest BCUT2D eigenvalue weighted by Crippen LogP contribution is 2.15. The van der Waals surface area contributed by atoms with Crippen LogP contribution in [0.3, 0.4) is 0 Å². The molecule has 1 atom stereocenters. The molecule has 0 aliphatic carbocycles. The zero-order valence-corrected chi connectivity index (χ0v) is 20.2. The number of hydrogen-bond acceptors (Lipinski definition) is 4. The van der Waals surface area contributed by atoms with Crippen LogP contribution >= 0.6 is 0 Å². The summed E-state index contributed by atoms with van der Waals surface area (Å²) in [5.41, 5.74) is 2.15. The fraction of sp³-hybridized carbons (Fsp3) is 0.259. The molecule has 3 aromatic rings. The van der Waals surface area contributed by atoms with E-state index in [1.165, 1.54) is 4.31 Å². The fourth-order valence-corrected chi connectivity index (χ4v) is 5.68. The van der Waals surface area contributed by atoms with Gasteiger partial charge in [0, 0.05) is 38.2 Å². The van der Waals surface area contributed by atoms with Crippen molar-refractivity contribution in [1.29, 1.82) is 0 Å². The van der Waals surface area contributed by atoms with E-state index in [4.69, 9.17) is 0 Å². The fourth-order valence-electron chi connectivity index (χ4n) is 4.16. The van der Waals surface area contributed by atoms with Crippen molar-refractivity contribution in [3.8, 4) is 0 Å². The number of nitrogens with one attached hydrogen (secondary N) is 1. The van der Waals surface area contributed by atoms with Crippen molar-refractivity contribution < 1.29 is 18.0 Å². The number of carbonyl (C=O) groups excluding carboxylic acids is 2. The van der Waals surface area contributed by atoms with Gasteiger partial charge in [-0.2, -0.15) is 4.31 Å². The smallest absolute Gasteiger partial charge is 0.251 e. The van der Waals surface area contributed by atoms with E-state index in [2.05, 4.69) is 5.32 Å². The van der Waals surface area contributed by atoms with Crippen molar-refractivity contribution in [2.75, 3.05) is 26.2 Å². The molecule has 1 saturated heterocycles. The maximum absolute atomic E-state index is 13.5. The molecule has 7 nitrogen and oxygen atoms in total. The predicted octanol–water partition coefficient (Wildman–Crippen LogP) is 2.70. The molecule has 0 unspecified atom stereocenters. The molecule has 3 aromatic carbocycles. The predicted molar refractivity (Wildman–Crippen MR) is 135 cm³/mol. The van der Waals surface area contributed by atoms with Gasteiger partial charge in [-0.05, 0) is 23.3 Å². The molecular weight excluding hydrogens is 462 g/mol. The normalized spacial score (nSPS) is 15.4. The second kappa shape index (κ2) is 11.3. The first-order chi connectivity index (χ1) is 16.9. The van der Waals surface area contributed by atoms with Crippen LogP contribution in [-0.2, 0) is 27.0 Å². The Morgan fingerprint density at radius 1 is 0.743 bits per heavy atom. The van der Waals surface area contributed by atoms with Crippen LogP contribution in [0.4, 0.5) is 0 Å². The summed E-state index contributed by atoms with van der Waals surface area (Å²) in [4.78, 5) is 27.9. The molecular formula is C27H29N3O4S. The minimum absolute atomic E-state index is 0.0639. The van der Waals surface area contributed by atoms with Crippen molar-refractivity contribution in [1.82, 2.24) is 14.5 Å². The second-order valence-corrected chi connectivity index (χ2v) is 10.5. The number of rotatable bonds is 8. The number of piperazine rings is 1. The average molecular weight is 492 g/mol. The van der Waals surface area contributed by atoms with Crippen LogP contribution in [0.15, 0.2) is 91.0 Å². The molecule has 2 amide bonds. The Bertz CT molecular complexity index is 1230. The van der Waals surface area contributed by atoms with Crippen LogP contribution < -0.4 is 5.32 Å². The molecule has 0 radical (unpaired) electrons. The zero-order valence-electron chi connectivity index (χ0n) is 19.4. The van der Waals surface area contributed by atoms with Crippen LogP contribution in [0.5, 0.6) is 0 Å². The van der Waals surface area contributed by atoms with Crippen LogP contribution in [0.1, 0.15) is 21.5 Å². The van der Waals surface area contributed by atoms with Gasteiger partial charge in [-0.25, -0.2) is 8.42 Å². The molecule has 1 fully saturated rings. The highest BCUT2D eigenvalue weighted by molar-refractivity contribution is 7.88. The summed E-state index contributed by atoms with van der Waals surface area (Å²) in [6, 6.07) is 26.6. The SMILES string of the molecule is O=C(N[C@@H](Cc1ccccc1)C(=O)N1CCN(S(=O)(=O)Cc2ccccc2)CC1)c1ccccc1. The number of amides is 2. The Morgan fingerprint density at radius 3 is 1.83 bits per heavy atom. The van der Waals surface area contributed by atoms with Crippen LogP contribution in [-0.4, -0.2) is 61.7 Å². The van der Waals surface area contributed by atoms with Crippen LogP contribution in [0.25, 0.3) is 0 Å². The lowest BCUT2D eigenvalue weighted by Gasteiger charge is -2.36. The minimum Gasteiger partial charge on any atom is -0.340 e. The first-order valence-corrected chi connectivity index (χ1v) is 13.2. The van der Waals surface area contributed by atoms with E-state index < -0.39 is 16.1 Å². The largest absolute Gasteiger partial charge is 0.340 e. The van der Waals surface area contributed by atoms with Gasteiger partial charge in [0.05, 0.1) is 5.75 Å². The summed E-state index contributed by atoms with van der Waals surface area (Å²) < 4.78 is 27.2. The van der Waals surface area contributed by atoms with Gasteiger partial charge in [0.2, 0.25) is 15.9 Å². The molecule has 182 valence electrons. The number of benzene rings is 3. The number of carbonyl (C=O) groups is 2. The number of sulfonamides is 1. The Balaban J connectivity index is 1.43.